The van der Waals surface area contributed by atoms with Gasteiger partial charge in [-0.1, -0.05) is 27.7 Å². The molecule has 1 unspecified atom stereocenters. The van der Waals surface area contributed by atoms with E-state index < -0.39 is 11.5 Å². The number of carbonyl (C=O) groups excluding carboxylic acids is 1. The van der Waals surface area contributed by atoms with Crippen LogP contribution in [0.4, 0.5) is 0 Å². The summed E-state index contributed by atoms with van der Waals surface area (Å²) in [6.45, 7) is 11.8. The summed E-state index contributed by atoms with van der Waals surface area (Å²) in [5, 5.41) is 17.2. The van der Waals surface area contributed by atoms with Crippen molar-refractivity contribution in [2.24, 2.45) is 11.3 Å². The van der Waals surface area contributed by atoms with E-state index in [0.717, 1.165) is 11.4 Å². The SMILES string of the molecule is Cc1cc(C)n2nc(C(=O)NCC(C)(C)C(O)C(C)C)nc2n1. The zero-order valence-electron chi connectivity index (χ0n) is 14.6. The first-order valence-corrected chi connectivity index (χ1v) is 7.79. The molecule has 0 aliphatic heterocycles. The number of aliphatic hydroxyl groups excluding tert-OH is 1. The maximum absolute atomic E-state index is 12.3. The number of fused-ring (bicyclic) bond motifs is 1. The first-order chi connectivity index (χ1) is 10.6. The highest BCUT2D eigenvalue weighted by Crippen LogP contribution is 2.25. The summed E-state index contributed by atoms with van der Waals surface area (Å²) in [5.41, 5.74) is 1.26. The van der Waals surface area contributed by atoms with Crippen molar-refractivity contribution >= 4 is 11.7 Å². The number of aryl methyl sites for hydroxylation is 2. The molecule has 0 radical (unpaired) electrons. The van der Waals surface area contributed by atoms with Gasteiger partial charge in [-0.05, 0) is 25.8 Å². The highest BCUT2D eigenvalue weighted by molar-refractivity contribution is 5.90. The zero-order chi connectivity index (χ0) is 17.4. The average Bonchev–Trinajstić information content (AvgIpc) is 2.88. The van der Waals surface area contributed by atoms with Crippen LogP contribution in [0.15, 0.2) is 6.07 Å². The molecule has 2 aromatic heterocycles. The lowest BCUT2D eigenvalue weighted by atomic mass is 9.81. The van der Waals surface area contributed by atoms with Gasteiger partial charge in [0.25, 0.3) is 11.7 Å². The van der Waals surface area contributed by atoms with Crippen LogP contribution in [-0.4, -0.2) is 43.2 Å². The summed E-state index contributed by atoms with van der Waals surface area (Å²) in [5.74, 6) is 0.247. The summed E-state index contributed by atoms with van der Waals surface area (Å²) < 4.78 is 1.55. The van der Waals surface area contributed by atoms with E-state index in [4.69, 9.17) is 0 Å². The number of aliphatic hydroxyl groups is 1. The van der Waals surface area contributed by atoms with Crippen molar-refractivity contribution in [3.8, 4) is 0 Å². The molecule has 0 aromatic carbocycles. The molecule has 2 N–H and O–H groups in total. The van der Waals surface area contributed by atoms with Crippen LogP contribution in [0.5, 0.6) is 0 Å². The zero-order valence-corrected chi connectivity index (χ0v) is 14.6. The Balaban J connectivity index is 2.14. The van der Waals surface area contributed by atoms with Crippen LogP contribution in [-0.2, 0) is 0 Å². The molecule has 2 rings (SSSR count). The Bertz CT molecular complexity index is 721. The molecule has 0 saturated carbocycles. The standard InChI is InChI=1S/C16H25N5O2/c1-9(2)12(22)16(5,6)8-17-14(23)13-19-15-18-10(3)7-11(4)21(15)20-13/h7,9,12,22H,8H2,1-6H3,(H,17,23). The number of hydrogen-bond acceptors (Lipinski definition) is 5. The van der Waals surface area contributed by atoms with E-state index in [1.165, 1.54) is 0 Å². The van der Waals surface area contributed by atoms with Crippen molar-refractivity contribution in [2.75, 3.05) is 6.54 Å². The van der Waals surface area contributed by atoms with Crippen LogP contribution in [0.25, 0.3) is 5.78 Å². The molecule has 7 nitrogen and oxygen atoms in total. The molecule has 0 fully saturated rings. The van der Waals surface area contributed by atoms with E-state index in [-0.39, 0.29) is 17.6 Å². The van der Waals surface area contributed by atoms with Crippen LogP contribution in [0.3, 0.4) is 0 Å². The van der Waals surface area contributed by atoms with Crippen molar-refractivity contribution in [1.82, 2.24) is 24.9 Å². The van der Waals surface area contributed by atoms with Crippen LogP contribution < -0.4 is 5.32 Å². The maximum Gasteiger partial charge on any atom is 0.291 e. The number of aromatic nitrogens is 4. The lowest BCUT2D eigenvalue weighted by Gasteiger charge is -2.33. The summed E-state index contributed by atoms with van der Waals surface area (Å²) in [4.78, 5) is 20.7. The molecule has 0 bridgehead atoms. The third-order valence-electron chi connectivity index (χ3n) is 3.96. The molecule has 2 heterocycles. The fourth-order valence-electron chi connectivity index (χ4n) is 2.66. The second-order valence-corrected chi connectivity index (χ2v) is 7.05. The minimum Gasteiger partial charge on any atom is -0.392 e. The Hall–Kier alpha value is -2.02. The highest BCUT2D eigenvalue weighted by atomic mass is 16.3. The molecule has 2 aromatic rings. The Labute approximate surface area is 136 Å². The average molecular weight is 319 g/mol. The number of nitrogens with zero attached hydrogens (tertiary/aromatic N) is 4. The van der Waals surface area contributed by atoms with Crippen molar-refractivity contribution < 1.29 is 9.90 Å². The fraction of sp³-hybridized carbons (Fsp3) is 0.625. The number of rotatable bonds is 5. The Morgan fingerprint density at radius 1 is 1.35 bits per heavy atom. The van der Waals surface area contributed by atoms with E-state index in [1.54, 1.807) is 4.52 Å². The van der Waals surface area contributed by atoms with Crippen LogP contribution in [0.1, 0.15) is 49.7 Å². The van der Waals surface area contributed by atoms with Gasteiger partial charge >= 0.3 is 0 Å². The molecule has 23 heavy (non-hydrogen) atoms. The quantitative estimate of drug-likeness (QED) is 0.871. The van der Waals surface area contributed by atoms with Gasteiger partial charge in [0.15, 0.2) is 0 Å². The summed E-state index contributed by atoms with van der Waals surface area (Å²) in [6.07, 6.45) is -0.511. The Morgan fingerprint density at radius 3 is 2.61 bits per heavy atom. The molecule has 0 aliphatic carbocycles. The van der Waals surface area contributed by atoms with Gasteiger partial charge in [-0.25, -0.2) is 9.50 Å². The summed E-state index contributed by atoms with van der Waals surface area (Å²) in [6, 6.07) is 1.88. The molecule has 1 atom stereocenters. The second kappa shape index (κ2) is 6.23. The van der Waals surface area contributed by atoms with Gasteiger partial charge in [0.05, 0.1) is 6.10 Å². The van der Waals surface area contributed by atoms with Crippen LogP contribution in [0.2, 0.25) is 0 Å². The Morgan fingerprint density at radius 2 is 2.00 bits per heavy atom. The third kappa shape index (κ3) is 3.67. The number of nitrogens with one attached hydrogen (secondary N) is 1. The molecule has 0 saturated heterocycles. The lowest BCUT2D eigenvalue weighted by Crippen LogP contribution is -2.43. The summed E-state index contributed by atoms with van der Waals surface area (Å²) in [7, 11) is 0. The monoisotopic (exact) mass is 319 g/mol. The molecule has 0 aliphatic rings. The van der Waals surface area contributed by atoms with Crippen LogP contribution in [0, 0.1) is 25.2 Å². The van der Waals surface area contributed by atoms with E-state index in [1.807, 2.05) is 47.6 Å². The van der Waals surface area contributed by atoms with Gasteiger partial charge in [-0.15, -0.1) is 5.10 Å². The van der Waals surface area contributed by atoms with Gasteiger partial charge in [0.1, 0.15) is 0 Å². The molecule has 1 amide bonds. The largest absolute Gasteiger partial charge is 0.392 e. The molecule has 7 heteroatoms. The maximum atomic E-state index is 12.3. The minimum atomic E-state index is -0.511. The minimum absolute atomic E-state index is 0.0843. The fourth-order valence-corrected chi connectivity index (χ4v) is 2.66. The van der Waals surface area contributed by atoms with Crippen molar-refractivity contribution in [2.45, 2.75) is 47.6 Å². The van der Waals surface area contributed by atoms with E-state index in [2.05, 4.69) is 20.4 Å². The van der Waals surface area contributed by atoms with Gasteiger partial charge in [-0.3, -0.25) is 4.79 Å². The van der Waals surface area contributed by atoms with Gasteiger partial charge in [0, 0.05) is 23.3 Å². The number of hydrogen-bond donors (Lipinski definition) is 2. The number of amides is 1. The predicted molar refractivity (Wildman–Crippen MR) is 87.2 cm³/mol. The predicted octanol–water partition coefficient (Wildman–Crippen LogP) is 1.51. The first-order valence-electron chi connectivity index (χ1n) is 7.79. The van der Waals surface area contributed by atoms with Crippen molar-refractivity contribution in [3.63, 3.8) is 0 Å². The highest BCUT2D eigenvalue weighted by Gasteiger charge is 2.31. The van der Waals surface area contributed by atoms with Gasteiger partial charge in [-0.2, -0.15) is 4.98 Å². The van der Waals surface area contributed by atoms with Crippen LogP contribution >= 0.6 is 0 Å². The molecule has 126 valence electrons. The van der Waals surface area contributed by atoms with Gasteiger partial charge < -0.3 is 10.4 Å². The van der Waals surface area contributed by atoms with Crippen molar-refractivity contribution in [1.29, 1.82) is 0 Å². The first kappa shape index (κ1) is 17.3. The normalized spacial score (nSPS) is 13.6. The van der Waals surface area contributed by atoms with E-state index in [9.17, 15) is 9.90 Å². The third-order valence-corrected chi connectivity index (χ3v) is 3.96. The van der Waals surface area contributed by atoms with Crippen molar-refractivity contribution in [3.05, 3.63) is 23.3 Å². The summed E-state index contributed by atoms with van der Waals surface area (Å²) >= 11 is 0. The lowest BCUT2D eigenvalue weighted by molar-refractivity contribution is 0.0137. The second-order valence-electron chi connectivity index (χ2n) is 7.05. The van der Waals surface area contributed by atoms with E-state index >= 15 is 0 Å². The molecular weight excluding hydrogens is 294 g/mol. The smallest absolute Gasteiger partial charge is 0.291 e. The van der Waals surface area contributed by atoms with Gasteiger partial charge in [0.2, 0.25) is 5.82 Å². The van der Waals surface area contributed by atoms with E-state index in [0.29, 0.717) is 12.3 Å². The topological polar surface area (TPSA) is 92.4 Å². The molecule has 0 spiro atoms. The number of carbonyl (C=O) groups is 1. The Kier molecular flexibility index (Phi) is 4.70. The molecular formula is C16H25N5O2.